The SMILES string of the molecule is CCNC(C)c1nnnn1CCCSC. The van der Waals surface area contributed by atoms with Gasteiger partial charge in [-0.1, -0.05) is 6.92 Å². The van der Waals surface area contributed by atoms with Crippen LogP contribution in [0.25, 0.3) is 0 Å². The second kappa shape index (κ2) is 6.79. The number of nitrogens with one attached hydrogen (secondary N) is 1. The summed E-state index contributed by atoms with van der Waals surface area (Å²) in [6, 6.07) is 0.222. The number of aryl methyl sites for hydroxylation is 1. The number of rotatable bonds is 7. The van der Waals surface area contributed by atoms with E-state index < -0.39 is 0 Å². The van der Waals surface area contributed by atoms with E-state index in [2.05, 4.69) is 40.9 Å². The van der Waals surface area contributed by atoms with Gasteiger partial charge in [0.1, 0.15) is 0 Å². The lowest BCUT2D eigenvalue weighted by Gasteiger charge is -2.11. The molecule has 0 aliphatic carbocycles. The summed E-state index contributed by atoms with van der Waals surface area (Å²) in [6.45, 7) is 6.00. The lowest BCUT2D eigenvalue weighted by atomic mass is 10.3. The first-order chi connectivity index (χ1) is 7.29. The average molecular weight is 229 g/mol. The number of nitrogens with zero attached hydrogens (tertiary/aromatic N) is 4. The molecule has 1 unspecified atom stereocenters. The van der Waals surface area contributed by atoms with E-state index in [0.29, 0.717) is 0 Å². The maximum absolute atomic E-state index is 4.05. The van der Waals surface area contributed by atoms with Gasteiger partial charge in [0.05, 0.1) is 6.04 Å². The standard InChI is InChI=1S/C9H19N5S/c1-4-10-8(2)9-11-12-13-14(9)6-5-7-15-3/h8,10H,4-7H2,1-3H3. The molecule has 0 saturated heterocycles. The minimum absolute atomic E-state index is 0.222. The Balaban J connectivity index is 2.52. The van der Waals surface area contributed by atoms with E-state index in [1.807, 2.05) is 16.4 Å². The summed E-state index contributed by atoms with van der Waals surface area (Å²) in [7, 11) is 0. The molecule has 0 fully saturated rings. The molecule has 1 heterocycles. The van der Waals surface area contributed by atoms with E-state index in [1.54, 1.807) is 0 Å². The van der Waals surface area contributed by atoms with Crippen molar-refractivity contribution < 1.29 is 0 Å². The van der Waals surface area contributed by atoms with E-state index >= 15 is 0 Å². The van der Waals surface area contributed by atoms with Crippen molar-refractivity contribution in [1.29, 1.82) is 0 Å². The van der Waals surface area contributed by atoms with Crippen molar-refractivity contribution in [3.63, 3.8) is 0 Å². The van der Waals surface area contributed by atoms with E-state index in [1.165, 1.54) is 0 Å². The van der Waals surface area contributed by atoms with Crippen molar-refractivity contribution in [2.75, 3.05) is 18.6 Å². The Morgan fingerprint density at radius 2 is 2.33 bits per heavy atom. The molecule has 86 valence electrons. The van der Waals surface area contributed by atoms with Gasteiger partial charge in [-0.05, 0) is 42.3 Å². The molecule has 0 spiro atoms. The third-order valence-corrected chi connectivity index (χ3v) is 2.87. The van der Waals surface area contributed by atoms with Crippen LogP contribution in [0.15, 0.2) is 0 Å². The zero-order chi connectivity index (χ0) is 11.1. The van der Waals surface area contributed by atoms with Crippen molar-refractivity contribution in [3.8, 4) is 0 Å². The van der Waals surface area contributed by atoms with Crippen LogP contribution in [0.2, 0.25) is 0 Å². The van der Waals surface area contributed by atoms with Crippen LogP contribution in [-0.2, 0) is 6.54 Å². The predicted molar refractivity (Wildman–Crippen MR) is 62.9 cm³/mol. The maximum Gasteiger partial charge on any atom is 0.167 e. The summed E-state index contributed by atoms with van der Waals surface area (Å²) in [5, 5.41) is 15.1. The maximum atomic E-state index is 4.05. The highest BCUT2D eigenvalue weighted by Gasteiger charge is 2.12. The minimum Gasteiger partial charge on any atom is -0.308 e. The van der Waals surface area contributed by atoms with Crippen molar-refractivity contribution in [2.45, 2.75) is 32.9 Å². The highest BCUT2D eigenvalue weighted by Crippen LogP contribution is 2.08. The van der Waals surface area contributed by atoms with Crippen molar-refractivity contribution >= 4 is 11.8 Å². The zero-order valence-corrected chi connectivity index (χ0v) is 10.4. The van der Waals surface area contributed by atoms with Crippen LogP contribution >= 0.6 is 11.8 Å². The fourth-order valence-electron chi connectivity index (χ4n) is 1.44. The summed E-state index contributed by atoms with van der Waals surface area (Å²) in [5.41, 5.74) is 0. The monoisotopic (exact) mass is 229 g/mol. The molecule has 1 rings (SSSR count). The van der Waals surface area contributed by atoms with E-state index in [-0.39, 0.29) is 6.04 Å². The third-order valence-electron chi connectivity index (χ3n) is 2.18. The Morgan fingerprint density at radius 3 is 3.00 bits per heavy atom. The van der Waals surface area contributed by atoms with Gasteiger partial charge in [-0.3, -0.25) is 0 Å². The van der Waals surface area contributed by atoms with E-state index in [4.69, 9.17) is 0 Å². The topological polar surface area (TPSA) is 55.6 Å². The van der Waals surface area contributed by atoms with Gasteiger partial charge in [0.25, 0.3) is 0 Å². The molecular weight excluding hydrogens is 210 g/mol. The number of aromatic nitrogens is 4. The smallest absolute Gasteiger partial charge is 0.167 e. The number of hydrogen-bond acceptors (Lipinski definition) is 5. The largest absolute Gasteiger partial charge is 0.308 e. The highest BCUT2D eigenvalue weighted by molar-refractivity contribution is 7.98. The minimum atomic E-state index is 0.222. The fraction of sp³-hybridized carbons (Fsp3) is 0.889. The van der Waals surface area contributed by atoms with Gasteiger partial charge < -0.3 is 5.32 Å². The molecule has 0 aromatic carbocycles. The normalized spacial score (nSPS) is 13.0. The van der Waals surface area contributed by atoms with Crippen molar-refractivity contribution in [3.05, 3.63) is 5.82 Å². The van der Waals surface area contributed by atoms with Gasteiger partial charge in [0.15, 0.2) is 5.82 Å². The van der Waals surface area contributed by atoms with Gasteiger partial charge in [0.2, 0.25) is 0 Å². The third kappa shape index (κ3) is 3.79. The van der Waals surface area contributed by atoms with Crippen LogP contribution in [0.1, 0.15) is 32.1 Å². The van der Waals surface area contributed by atoms with Crippen LogP contribution < -0.4 is 5.32 Å². The molecule has 6 heteroatoms. The summed E-state index contributed by atoms with van der Waals surface area (Å²) >= 11 is 1.85. The first kappa shape index (κ1) is 12.4. The van der Waals surface area contributed by atoms with Crippen molar-refractivity contribution in [1.82, 2.24) is 25.5 Å². The number of tetrazole rings is 1. The quantitative estimate of drug-likeness (QED) is 0.709. The molecule has 0 amide bonds. The number of hydrogen-bond donors (Lipinski definition) is 1. The molecule has 0 aliphatic rings. The zero-order valence-electron chi connectivity index (χ0n) is 9.60. The molecule has 1 aromatic heterocycles. The lowest BCUT2D eigenvalue weighted by molar-refractivity contribution is 0.493. The lowest BCUT2D eigenvalue weighted by Crippen LogP contribution is -2.22. The first-order valence-corrected chi connectivity index (χ1v) is 6.67. The molecule has 0 saturated carbocycles. The van der Waals surface area contributed by atoms with Crippen LogP contribution in [0.5, 0.6) is 0 Å². The molecule has 0 bridgehead atoms. The van der Waals surface area contributed by atoms with Gasteiger partial charge in [0, 0.05) is 6.54 Å². The average Bonchev–Trinajstić information content (AvgIpc) is 2.67. The first-order valence-electron chi connectivity index (χ1n) is 5.28. The predicted octanol–water partition coefficient (Wildman–Crippen LogP) is 1.10. The van der Waals surface area contributed by atoms with E-state index in [0.717, 1.165) is 31.1 Å². The molecule has 15 heavy (non-hydrogen) atoms. The molecule has 1 atom stereocenters. The molecule has 1 N–H and O–H groups in total. The molecule has 0 aliphatic heterocycles. The van der Waals surface area contributed by atoms with Crippen molar-refractivity contribution in [2.24, 2.45) is 0 Å². The molecule has 0 radical (unpaired) electrons. The molecular formula is C9H19N5S. The van der Waals surface area contributed by atoms with E-state index in [9.17, 15) is 0 Å². The van der Waals surface area contributed by atoms with Gasteiger partial charge in [-0.25, -0.2) is 4.68 Å². The van der Waals surface area contributed by atoms with Crippen LogP contribution in [0.3, 0.4) is 0 Å². The summed E-state index contributed by atoms with van der Waals surface area (Å²) < 4.78 is 1.89. The van der Waals surface area contributed by atoms with Gasteiger partial charge >= 0.3 is 0 Å². The Morgan fingerprint density at radius 1 is 1.53 bits per heavy atom. The Kier molecular flexibility index (Phi) is 5.63. The molecule has 5 nitrogen and oxygen atoms in total. The second-order valence-electron chi connectivity index (χ2n) is 3.39. The van der Waals surface area contributed by atoms with Crippen LogP contribution in [0, 0.1) is 0 Å². The second-order valence-corrected chi connectivity index (χ2v) is 4.37. The summed E-state index contributed by atoms with van der Waals surface area (Å²) in [6.07, 6.45) is 3.22. The fourth-order valence-corrected chi connectivity index (χ4v) is 1.85. The Labute approximate surface area is 95.0 Å². The van der Waals surface area contributed by atoms with Gasteiger partial charge in [-0.2, -0.15) is 11.8 Å². The van der Waals surface area contributed by atoms with Gasteiger partial charge in [-0.15, -0.1) is 5.10 Å². The Bertz CT molecular complexity index is 275. The highest BCUT2D eigenvalue weighted by atomic mass is 32.2. The Hall–Kier alpha value is -0.620. The molecule has 1 aromatic rings. The summed E-state index contributed by atoms with van der Waals surface area (Å²) in [4.78, 5) is 0. The number of thioether (sulfide) groups is 1. The summed E-state index contributed by atoms with van der Waals surface area (Å²) in [5.74, 6) is 2.08. The van der Waals surface area contributed by atoms with Crippen LogP contribution in [0.4, 0.5) is 0 Å². The van der Waals surface area contributed by atoms with Crippen LogP contribution in [-0.4, -0.2) is 38.8 Å².